The van der Waals surface area contributed by atoms with E-state index in [1.807, 2.05) is 0 Å². The van der Waals surface area contributed by atoms with Gasteiger partial charge in [-0.05, 0) is 0 Å². The maximum Gasteiger partial charge on any atom is 0.0545 e. The van der Waals surface area contributed by atoms with Crippen LogP contribution in [0.3, 0.4) is 0 Å². The zero-order valence-electron chi connectivity index (χ0n) is 9.03. The summed E-state index contributed by atoms with van der Waals surface area (Å²) in [7, 11) is 0. The summed E-state index contributed by atoms with van der Waals surface area (Å²) < 4.78 is 0. The molecule has 0 aliphatic rings. The van der Waals surface area contributed by atoms with Crippen LogP contribution >= 0.6 is 25.3 Å². The molecule has 0 rings (SSSR count). The topological polar surface area (TPSA) is 161 Å². The van der Waals surface area contributed by atoms with Crippen molar-refractivity contribution in [2.45, 2.75) is 23.3 Å². The number of thiol groups is 2. The molecule has 0 aromatic rings. The van der Waals surface area contributed by atoms with Gasteiger partial charge in [-0.1, -0.05) is 0 Å². The second-order valence-electron chi connectivity index (χ2n) is 2.82. The maximum absolute atomic E-state index is 9.76. The molecule has 0 fully saturated rings. The van der Waals surface area contributed by atoms with Gasteiger partial charge in [0.05, 0.1) is 11.9 Å². The average molecular weight is 493 g/mol. The molecule has 19 heavy (non-hydrogen) atoms. The van der Waals surface area contributed by atoms with Gasteiger partial charge >= 0.3 is 0 Å². The van der Waals surface area contributed by atoms with Crippen molar-refractivity contribution in [3.8, 4) is 0 Å². The SMILES string of the molecule is O=C([O-])CC(S)C(=O)[O-].O=C([O-])CC(S)C(=O)[O-].[Au]. The molecule has 8 nitrogen and oxygen atoms in total. The van der Waals surface area contributed by atoms with Crippen molar-refractivity contribution < 1.29 is 62.0 Å². The van der Waals surface area contributed by atoms with Gasteiger partial charge < -0.3 is 39.6 Å². The van der Waals surface area contributed by atoms with Crippen molar-refractivity contribution in [1.29, 1.82) is 0 Å². The zero-order valence-corrected chi connectivity index (χ0v) is 13.0. The second kappa shape index (κ2) is 12.4. The molecule has 0 spiro atoms. The first-order chi connectivity index (χ1) is 8.07. The zero-order chi connectivity index (χ0) is 14.9. The number of carboxylic acid groups (broad SMARTS) is 4. The third kappa shape index (κ3) is 17.3. The number of carboxylic acids is 4. The monoisotopic (exact) mass is 493 g/mol. The van der Waals surface area contributed by atoms with E-state index >= 15 is 0 Å². The smallest absolute Gasteiger partial charge is 0.0545 e. The van der Waals surface area contributed by atoms with Gasteiger partial charge in [0.1, 0.15) is 0 Å². The fourth-order valence-electron chi connectivity index (χ4n) is 0.482. The number of hydrogen-bond acceptors (Lipinski definition) is 10. The van der Waals surface area contributed by atoms with Crippen LogP contribution in [-0.4, -0.2) is 34.4 Å². The van der Waals surface area contributed by atoms with Crippen LogP contribution in [0.1, 0.15) is 12.8 Å². The Balaban J connectivity index is -0.000000256. The van der Waals surface area contributed by atoms with Gasteiger partial charge in [-0.15, -0.1) is 0 Å². The van der Waals surface area contributed by atoms with Crippen molar-refractivity contribution >= 4 is 49.1 Å². The summed E-state index contributed by atoms with van der Waals surface area (Å²) in [5.74, 6) is -5.89. The first-order valence-electron chi connectivity index (χ1n) is 4.25. The van der Waals surface area contributed by atoms with Crippen LogP contribution in [0, 0.1) is 0 Å². The molecule has 0 heterocycles. The van der Waals surface area contributed by atoms with Gasteiger partial charge in [0.2, 0.25) is 0 Å². The van der Waals surface area contributed by atoms with Gasteiger partial charge in [0.15, 0.2) is 0 Å². The normalized spacial score (nSPS) is 11.9. The molecule has 0 saturated heterocycles. The van der Waals surface area contributed by atoms with Gasteiger partial charge in [-0.2, -0.15) is 25.3 Å². The minimum absolute atomic E-state index is 0. The van der Waals surface area contributed by atoms with E-state index in [9.17, 15) is 39.6 Å². The molecule has 0 aromatic heterocycles. The number of carbonyl (C=O) groups is 4. The van der Waals surface area contributed by atoms with Crippen LogP contribution in [0.2, 0.25) is 0 Å². The third-order valence-electron chi connectivity index (χ3n) is 1.26. The Morgan fingerprint density at radius 1 is 0.737 bits per heavy atom. The van der Waals surface area contributed by atoms with Crippen LogP contribution in [0.5, 0.6) is 0 Å². The van der Waals surface area contributed by atoms with E-state index in [1.54, 1.807) is 0 Å². The minimum Gasteiger partial charge on any atom is -0.550 e. The van der Waals surface area contributed by atoms with E-state index in [0.29, 0.717) is 0 Å². The molecule has 115 valence electrons. The summed E-state index contributed by atoms with van der Waals surface area (Å²) in [6.45, 7) is 0. The van der Waals surface area contributed by atoms with Crippen LogP contribution in [0.4, 0.5) is 0 Å². The molecule has 11 heteroatoms. The summed E-state index contributed by atoms with van der Waals surface area (Å²) in [5.41, 5.74) is 0. The Hall–Kier alpha value is -0.680. The Bertz CT molecular complexity index is 303. The summed E-state index contributed by atoms with van der Waals surface area (Å²) in [4.78, 5) is 38.8. The van der Waals surface area contributed by atoms with E-state index < -0.39 is 47.2 Å². The van der Waals surface area contributed by atoms with Gasteiger partial charge in [0.25, 0.3) is 0 Å². The summed E-state index contributed by atoms with van der Waals surface area (Å²) >= 11 is 6.76. The predicted octanol–water partition coefficient (Wildman–Crippen LogP) is -5.65. The maximum atomic E-state index is 9.76. The van der Waals surface area contributed by atoms with Crippen molar-refractivity contribution in [3.05, 3.63) is 0 Å². The molecule has 0 aliphatic heterocycles. The number of carbonyl (C=O) groups excluding carboxylic acids is 4. The molecule has 0 aliphatic carbocycles. The quantitative estimate of drug-likeness (QED) is 0.274. The Morgan fingerprint density at radius 3 is 1.00 bits per heavy atom. The van der Waals surface area contributed by atoms with Crippen molar-refractivity contribution in [3.63, 3.8) is 0 Å². The van der Waals surface area contributed by atoms with Crippen molar-refractivity contribution in [2.24, 2.45) is 0 Å². The molecule has 0 N–H and O–H groups in total. The Morgan fingerprint density at radius 2 is 0.947 bits per heavy atom. The van der Waals surface area contributed by atoms with E-state index in [0.717, 1.165) is 0 Å². The third-order valence-corrected chi connectivity index (χ3v) is 2.05. The van der Waals surface area contributed by atoms with Crippen molar-refractivity contribution in [1.82, 2.24) is 0 Å². The molecule has 2 atom stereocenters. The molecule has 0 aromatic carbocycles. The second-order valence-corrected chi connectivity index (χ2v) is 4.07. The van der Waals surface area contributed by atoms with Gasteiger partial charge in [-0.25, -0.2) is 0 Å². The minimum atomic E-state index is -1.50. The summed E-state index contributed by atoms with van der Waals surface area (Å²) in [5, 5.41) is 36.3. The molecular weight excluding hydrogens is 485 g/mol. The first kappa shape index (κ1) is 23.4. The fraction of sp³-hybridized carbons (Fsp3) is 0.500. The van der Waals surface area contributed by atoms with E-state index in [1.165, 1.54) is 0 Å². The van der Waals surface area contributed by atoms with Crippen LogP contribution in [-0.2, 0) is 41.6 Å². The van der Waals surface area contributed by atoms with Crippen LogP contribution in [0.25, 0.3) is 0 Å². The average Bonchev–Trinajstić information content (AvgIpc) is 2.16. The summed E-state index contributed by atoms with van der Waals surface area (Å²) in [6, 6.07) is 0. The van der Waals surface area contributed by atoms with E-state index in [2.05, 4.69) is 25.3 Å². The standard InChI is InChI=1S/2C4H6O4S.Au/c2*5-3(6)1-2(9)4(7)8;/h2*2,9H,1H2,(H,5,6)(H,7,8);/p-4. The van der Waals surface area contributed by atoms with Gasteiger partial charge in [-0.3, -0.25) is 0 Å². The molecule has 1 radical (unpaired) electrons. The Labute approximate surface area is 134 Å². The molecule has 2 unspecified atom stereocenters. The van der Waals surface area contributed by atoms with E-state index in [-0.39, 0.29) is 22.4 Å². The number of aliphatic carboxylic acids is 4. The fourth-order valence-corrected chi connectivity index (χ4v) is 0.781. The molecule has 0 saturated carbocycles. The molecule has 0 amide bonds. The first-order valence-corrected chi connectivity index (χ1v) is 5.28. The number of hydrogen-bond donors (Lipinski definition) is 2. The number of rotatable bonds is 6. The van der Waals surface area contributed by atoms with Crippen molar-refractivity contribution in [2.75, 3.05) is 0 Å². The molecular formula is C8H8AuO8S2-4. The predicted molar refractivity (Wildman–Crippen MR) is 54.8 cm³/mol. The molecule has 0 bridgehead atoms. The van der Waals surface area contributed by atoms with Crippen LogP contribution < -0.4 is 20.4 Å². The van der Waals surface area contributed by atoms with Crippen LogP contribution in [0.15, 0.2) is 0 Å². The summed E-state index contributed by atoms with van der Waals surface area (Å²) in [6.07, 6.45) is -1.24. The Kier molecular flexibility index (Phi) is 15.2. The van der Waals surface area contributed by atoms with Gasteiger partial charge in [0, 0.05) is 57.7 Å². The van der Waals surface area contributed by atoms with E-state index in [4.69, 9.17) is 0 Å². The largest absolute Gasteiger partial charge is 0.550 e.